The lowest BCUT2D eigenvalue weighted by Gasteiger charge is -2.31. The summed E-state index contributed by atoms with van der Waals surface area (Å²) in [6.07, 6.45) is 0. The van der Waals surface area contributed by atoms with Crippen LogP contribution >= 0.6 is 0 Å². The van der Waals surface area contributed by atoms with Crippen LogP contribution in [0.1, 0.15) is 22.3 Å². The van der Waals surface area contributed by atoms with E-state index >= 15 is 0 Å². The summed E-state index contributed by atoms with van der Waals surface area (Å²) in [5.74, 6) is 0. The summed E-state index contributed by atoms with van der Waals surface area (Å²) < 4.78 is 4.90. The smallest absolute Gasteiger partial charge is 0.0725 e. The van der Waals surface area contributed by atoms with Crippen molar-refractivity contribution in [1.29, 1.82) is 0 Å². The summed E-state index contributed by atoms with van der Waals surface area (Å²) >= 11 is 0. The number of aromatic nitrogens is 2. The molecule has 2 aromatic heterocycles. The van der Waals surface area contributed by atoms with Gasteiger partial charge in [-0.25, -0.2) is 0 Å². The molecule has 0 N–H and O–H groups in total. The van der Waals surface area contributed by atoms with E-state index in [1.807, 2.05) is 0 Å². The number of benzene rings is 16. The molecule has 2 aliphatic carbocycles. The monoisotopic (exact) mass is 1150 g/mol. The Kier molecular flexibility index (Phi) is 10.5. The molecule has 1 spiro atoms. The third kappa shape index (κ3) is 7.02. The van der Waals surface area contributed by atoms with Crippen LogP contribution in [-0.4, -0.2) is 9.13 Å². The maximum Gasteiger partial charge on any atom is 0.0725 e. The van der Waals surface area contributed by atoms with Crippen LogP contribution in [0.3, 0.4) is 0 Å². The van der Waals surface area contributed by atoms with Crippen molar-refractivity contribution in [3.8, 4) is 78.1 Å². The van der Waals surface area contributed by atoms with Gasteiger partial charge in [0.05, 0.1) is 38.9 Å². The second-order valence-corrected chi connectivity index (χ2v) is 24.9. The first-order valence-corrected chi connectivity index (χ1v) is 31.7. The van der Waals surface area contributed by atoms with E-state index in [1.54, 1.807) is 0 Å². The van der Waals surface area contributed by atoms with E-state index < -0.39 is 5.41 Å². The van der Waals surface area contributed by atoms with Crippen molar-refractivity contribution in [3.63, 3.8) is 0 Å². The Morgan fingerprint density at radius 1 is 0.176 bits per heavy atom. The molecule has 0 saturated heterocycles. The first-order chi connectivity index (χ1) is 45.2. The van der Waals surface area contributed by atoms with Gasteiger partial charge in [0.15, 0.2) is 0 Å². The summed E-state index contributed by atoms with van der Waals surface area (Å²) in [6.45, 7) is 0. The lowest BCUT2D eigenvalue weighted by atomic mass is 9.70. The standard InChI is InChI=1S/C89H54N2/c1-3-23-65-55(19-1)21-17-37-83(65)90-85-35-15-11-31-75(85)77-51-57(41-49-87(77)90)61-45-47-63(69-27-7-5-25-67(61)69)59-39-43-73-74-44-40-60(54-82(74)89(81(73)53-59)79-33-13-9-29-71(79)72-30-10-14-34-80(72)89)64-48-46-62(68-26-6-8-28-70(64)68)58-42-50-88-78(52-58)76-32-12-16-36-86(76)91(88)84-38-18-22-56-20-2-4-24-66(56)84/h1-54H. The molecule has 0 aliphatic heterocycles. The quantitative estimate of drug-likeness (QED) is 0.157. The minimum absolute atomic E-state index is 0.559. The Balaban J connectivity index is 0.724. The number of hydrogen-bond acceptors (Lipinski definition) is 0. The van der Waals surface area contributed by atoms with Gasteiger partial charge >= 0.3 is 0 Å². The van der Waals surface area contributed by atoms with Crippen LogP contribution in [0, 0.1) is 0 Å². The van der Waals surface area contributed by atoms with E-state index in [0.717, 1.165) is 0 Å². The predicted molar refractivity (Wildman–Crippen MR) is 383 cm³/mol. The molecule has 420 valence electrons. The summed E-state index contributed by atoms with van der Waals surface area (Å²) in [4.78, 5) is 0. The third-order valence-corrected chi connectivity index (χ3v) is 20.5. The molecule has 20 rings (SSSR count). The topological polar surface area (TPSA) is 9.86 Å². The van der Waals surface area contributed by atoms with Gasteiger partial charge in [-0.15, -0.1) is 0 Å². The predicted octanol–water partition coefficient (Wildman–Crippen LogP) is 23.5. The normalized spacial score (nSPS) is 12.9. The Morgan fingerprint density at radius 3 is 0.901 bits per heavy atom. The zero-order valence-corrected chi connectivity index (χ0v) is 49.6. The van der Waals surface area contributed by atoms with Gasteiger partial charge in [-0.2, -0.15) is 0 Å². The van der Waals surface area contributed by atoms with Crippen molar-refractivity contribution in [1.82, 2.24) is 9.13 Å². The average Bonchev–Trinajstić information content (AvgIpc) is 1.51. The van der Waals surface area contributed by atoms with Gasteiger partial charge in [0, 0.05) is 32.3 Å². The molecule has 16 aromatic carbocycles. The molecular formula is C89H54N2. The van der Waals surface area contributed by atoms with Crippen molar-refractivity contribution in [3.05, 3.63) is 350 Å². The lowest BCUT2D eigenvalue weighted by Crippen LogP contribution is -2.26. The van der Waals surface area contributed by atoms with E-state index in [1.165, 1.54) is 187 Å². The van der Waals surface area contributed by atoms with Gasteiger partial charge in [0.2, 0.25) is 0 Å². The molecule has 18 aromatic rings. The molecule has 0 saturated carbocycles. The Morgan fingerprint density at radius 2 is 0.473 bits per heavy atom. The first-order valence-electron chi connectivity index (χ1n) is 31.7. The van der Waals surface area contributed by atoms with Crippen molar-refractivity contribution in [2.45, 2.75) is 5.41 Å². The Labute approximate surface area is 526 Å². The van der Waals surface area contributed by atoms with Gasteiger partial charge in [0.25, 0.3) is 0 Å². The molecule has 2 heterocycles. The summed E-state index contributed by atoms with van der Waals surface area (Å²) in [7, 11) is 0. The number of hydrogen-bond donors (Lipinski definition) is 0. The second-order valence-electron chi connectivity index (χ2n) is 24.9. The van der Waals surface area contributed by atoms with Crippen LogP contribution in [0.15, 0.2) is 328 Å². The zero-order valence-electron chi connectivity index (χ0n) is 49.6. The van der Waals surface area contributed by atoms with Gasteiger partial charge in [-0.05, 0) is 182 Å². The van der Waals surface area contributed by atoms with Crippen molar-refractivity contribution >= 4 is 86.7 Å². The van der Waals surface area contributed by atoms with Crippen molar-refractivity contribution in [2.75, 3.05) is 0 Å². The molecule has 2 heteroatoms. The third-order valence-electron chi connectivity index (χ3n) is 20.5. The highest BCUT2D eigenvalue weighted by atomic mass is 15.0. The van der Waals surface area contributed by atoms with Crippen LogP contribution in [-0.2, 0) is 5.41 Å². The van der Waals surface area contributed by atoms with Crippen LogP contribution < -0.4 is 0 Å². The van der Waals surface area contributed by atoms with E-state index in [0.29, 0.717) is 0 Å². The van der Waals surface area contributed by atoms with Gasteiger partial charge in [0.1, 0.15) is 0 Å². The fourth-order valence-corrected chi connectivity index (χ4v) is 16.7. The average molecular weight is 1150 g/mol. The molecule has 0 bridgehead atoms. The minimum Gasteiger partial charge on any atom is -0.309 e. The summed E-state index contributed by atoms with van der Waals surface area (Å²) in [5.41, 5.74) is 26.9. The van der Waals surface area contributed by atoms with Gasteiger partial charge in [-0.3, -0.25) is 0 Å². The van der Waals surface area contributed by atoms with Crippen LogP contribution in [0.25, 0.3) is 165 Å². The maximum atomic E-state index is 2.55. The summed E-state index contributed by atoms with van der Waals surface area (Å²) in [6, 6.07) is 123. The van der Waals surface area contributed by atoms with Crippen LogP contribution in [0.2, 0.25) is 0 Å². The van der Waals surface area contributed by atoms with E-state index in [9.17, 15) is 0 Å². The van der Waals surface area contributed by atoms with E-state index in [4.69, 9.17) is 0 Å². The molecule has 2 aliphatic rings. The summed E-state index contributed by atoms with van der Waals surface area (Å²) in [5, 5.41) is 14.9. The van der Waals surface area contributed by atoms with E-state index in [2.05, 4.69) is 337 Å². The Bertz CT molecular complexity index is 5780. The number of para-hydroxylation sites is 2. The fourth-order valence-electron chi connectivity index (χ4n) is 16.7. The number of fused-ring (bicyclic) bond motifs is 20. The highest BCUT2D eigenvalue weighted by Gasteiger charge is 2.52. The number of rotatable bonds is 6. The molecule has 0 radical (unpaired) electrons. The fraction of sp³-hybridized carbons (Fsp3) is 0.0112. The SMILES string of the molecule is c1ccc2c(c1)-c1ccccc1C21c2cc(-c3ccc(-c4ccc5c(c4)c4ccccc4n5-c4cccc5ccccc45)c4ccccc34)ccc2-c2ccc(-c3ccc(-c4ccc5c(c4)c4ccccc4n5-c4cccc5ccccc45)c4ccccc34)cc21. The molecular weight excluding hydrogens is 1100 g/mol. The van der Waals surface area contributed by atoms with Gasteiger partial charge in [-0.1, -0.05) is 267 Å². The van der Waals surface area contributed by atoms with E-state index in [-0.39, 0.29) is 0 Å². The molecule has 91 heavy (non-hydrogen) atoms. The molecule has 0 atom stereocenters. The molecule has 2 nitrogen and oxygen atoms in total. The second kappa shape index (κ2) is 19.1. The molecule has 0 amide bonds. The van der Waals surface area contributed by atoms with Gasteiger partial charge < -0.3 is 9.13 Å². The van der Waals surface area contributed by atoms with Crippen LogP contribution in [0.4, 0.5) is 0 Å². The highest BCUT2D eigenvalue weighted by Crippen LogP contribution is 2.64. The number of nitrogens with zero attached hydrogens (tertiary/aromatic N) is 2. The molecule has 0 fully saturated rings. The molecule has 0 unspecified atom stereocenters. The van der Waals surface area contributed by atoms with Crippen molar-refractivity contribution < 1.29 is 0 Å². The minimum atomic E-state index is -0.559. The zero-order chi connectivity index (χ0) is 59.5. The Hall–Kier alpha value is -11.8. The van der Waals surface area contributed by atoms with Crippen LogP contribution in [0.5, 0.6) is 0 Å². The maximum absolute atomic E-state index is 2.55. The lowest BCUT2D eigenvalue weighted by molar-refractivity contribution is 0.794. The van der Waals surface area contributed by atoms with Crippen molar-refractivity contribution in [2.24, 2.45) is 0 Å². The first kappa shape index (κ1) is 50.2. The largest absolute Gasteiger partial charge is 0.309 e. The highest BCUT2D eigenvalue weighted by molar-refractivity contribution is 6.16.